The molecule has 0 aliphatic carbocycles. The monoisotopic (exact) mass is 353 g/mol. The van der Waals surface area contributed by atoms with Crippen LogP contribution in [0.25, 0.3) is 0 Å². The van der Waals surface area contributed by atoms with Crippen LogP contribution < -0.4 is 16.0 Å². The van der Waals surface area contributed by atoms with E-state index in [-0.39, 0.29) is 0 Å². The Morgan fingerprint density at radius 3 is 2.36 bits per heavy atom. The lowest BCUT2D eigenvalue weighted by Crippen LogP contribution is -2.40. The van der Waals surface area contributed by atoms with Gasteiger partial charge in [0.2, 0.25) is 0 Å². The number of aryl methyl sites for hydroxylation is 2. The number of amides is 1. The van der Waals surface area contributed by atoms with Crippen LogP contribution in [0.5, 0.6) is 0 Å². The highest BCUT2D eigenvalue weighted by Crippen LogP contribution is 2.11. The molecular formula is C17H31N5O3. The van der Waals surface area contributed by atoms with Gasteiger partial charge in [-0.2, -0.15) is 0 Å². The van der Waals surface area contributed by atoms with Gasteiger partial charge in [0, 0.05) is 32.2 Å². The van der Waals surface area contributed by atoms with E-state index in [0.717, 1.165) is 42.4 Å². The molecule has 0 unspecified atom stereocenters. The van der Waals surface area contributed by atoms with Crippen LogP contribution in [-0.2, 0) is 11.2 Å². The van der Waals surface area contributed by atoms with Crippen molar-refractivity contribution < 1.29 is 14.1 Å². The van der Waals surface area contributed by atoms with Gasteiger partial charge in [-0.15, -0.1) is 0 Å². The Hall–Kier alpha value is -2.25. The number of hydrogen-bond donors (Lipinski definition) is 3. The number of nitrogens with one attached hydrogen (secondary N) is 3. The van der Waals surface area contributed by atoms with E-state index in [1.54, 1.807) is 7.05 Å². The van der Waals surface area contributed by atoms with Crippen molar-refractivity contribution in [2.45, 2.75) is 53.1 Å². The first-order valence-electron chi connectivity index (χ1n) is 8.56. The van der Waals surface area contributed by atoms with E-state index >= 15 is 0 Å². The molecule has 1 aromatic heterocycles. The van der Waals surface area contributed by atoms with Gasteiger partial charge in [0.25, 0.3) is 0 Å². The molecule has 8 nitrogen and oxygen atoms in total. The molecular weight excluding hydrogens is 322 g/mol. The minimum atomic E-state index is -0.477. The SMILES string of the molecule is CN=C(NCCCNC(=O)OC(C)(C)C)NCCc1c(C)noc1C. The quantitative estimate of drug-likeness (QED) is 0.393. The molecule has 0 saturated carbocycles. The molecule has 0 fully saturated rings. The zero-order valence-corrected chi connectivity index (χ0v) is 16.2. The number of rotatable bonds is 7. The predicted octanol–water partition coefficient (Wildman–Crippen LogP) is 1.91. The van der Waals surface area contributed by atoms with Crippen LogP contribution in [0, 0.1) is 13.8 Å². The van der Waals surface area contributed by atoms with Gasteiger partial charge < -0.3 is 25.2 Å². The maximum Gasteiger partial charge on any atom is 0.407 e. The van der Waals surface area contributed by atoms with E-state index in [0.29, 0.717) is 13.1 Å². The van der Waals surface area contributed by atoms with E-state index in [4.69, 9.17) is 9.26 Å². The number of ether oxygens (including phenoxy) is 1. The minimum absolute atomic E-state index is 0.394. The third-order valence-corrected chi connectivity index (χ3v) is 3.39. The molecule has 0 aliphatic rings. The number of aliphatic imine (C=N–C) groups is 1. The van der Waals surface area contributed by atoms with Gasteiger partial charge in [-0.25, -0.2) is 4.79 Å². The predicted molar refractivity (Wildman–Crippen MR) is 97.9 cm³/mol. The molecule has 142 valence electrons. The number of hydrogen-bond acceptors (Lipinski definition) is 5. The summed E-state index contributed by atoms with van der Waals surface area (Å²) in [7, 11) is 1.73. The van der Waals surface area contributed by atoms with Crippen molar-refractivity contribution in [3.63, 3.8) is 0 Å². The highest BCUT2D eigenvalue weighted by molar-refractivity contribution is 5.79. The van der Waals surface area contributed by atoms with Gasteiger partial charge in [0.1, 0.15) is 11.4 Å². The van der Waals surface area contributed by atoms with Crippen LogP contribution in [0.15, 0.2) is 9.52 Å². The Morgan fingerprint density at radius 1 is 1.16 bits per heavy atom. The number of nitrogens with zero attached hydrogens (tertiary/aromatic N) is 2. The molecule has 0 bridgehead atoms. The smallest absolute Gasteiger partial charge is 0.407 e. The number of carbonyl (C=O) groups excluding carboxylic acids is 1. The van der Waals surface area contributed by atoms with Crippen LogP contribution in [0.1, 0.15) is 44.2 Å². The summed E-state index contributed by atoms with van der Waals surface area (Å²) in [5.41, 5.74) is 1.58. The van der Waals surface area contributed by atoms with E-state index in [1.165, 1.54) is 0 Å². The second-order valence-electron chi connectivity index (χ2n) is 6.76. The zero-order valence-electron chi connectivity index (χ0n) is 16.2. The normalized spacial score (nSPS) is 12.0. The van der Waals surface area contributed by atoms with Crippen molar-refractivity contribution in [3.8, 4) is 0 Å². The van der Waals surface area contributed by atoms with Crippen molar-refractivity contribution in [2.75, 3.05) is 26.7 Å². The van der Waals surface area contributed by atoms with E-state index < -0.39 is 11.7 Å². The Bertz CT molecular complexity index is 556. The lowest BCUT2D eigenvalue weighted by molar-refractivity contribution is 0.0527. The average Bonchev–Trinajstić information content (AvgIpc) is 2.82. The average molecular weight is 353 g/mol. The summed E-state index contributed by atoms with van der Waals surface area (Å²) >= 11 is 0. The lowest BCUT2D eigenvalue weighted by atomic mass is 10.1. The summed E-state index contributed by atoms with van der Waals surface area (Å²) in [6.45, 7) is 11.3. The van der Waals surface area contributed by atoms with Crippen LogP contribution in [0.3, 0.4) is 0 Å². The minimum Gasteiger partial charge on any atom is -0.444 e. The van der Waals surface area contributed by atoms with E-state index in [1.807, 2.05) is 34.6 Å². The second-order valence-corrected chi connectivity index (χ2v) is 6.76. The fourth-order valence-corrected chi connectivity index (χ4v) is 2.19. The molecule has 1 heterocycles. The molecule has 0 saturated heterocycles. The topological polar surface area (TPSA) is 101 Å². The largest absolute Gasteiger partial charge is 0.444 e. The Balaban J connectivity index is 2.17. The van der Waals surface area contributed by atoms with Crippen molar-refractivity contribution >= 4 is 12.1 Å². The maximum absolute atomic E-state index is 11.5. The van der Waals surface area contributed by atoms with Crippen molar-refractivity contribution in [2.24, 2.45) is 4.99 Å². The van der Waals surface area contributed by atoms with Gasteiger partial charge in [-0.3, -0.25) is 4.99 Å². The maximum atomic E-state index is 11.5. The highest BCUT2D eigenvalue weighted by atomic mass is 16.6. The molecule has 0 aliphatic heterocycles. The number of aromatic nitrogens is 1. The molecule has 1 aromatic rings. The first-order valence-corrected chi connectivity index (χ1v) is 8.56. The summed E-state index contributed by atoms with van der Waals surface area (Å²) in [6, 6.07) is 0. The Kier molecular flexibility index (Phi) is 8.24. The van der Waals surface area contributed by atoms with Gasteiger partial charge in [0.15, 0.2) is 5.96 Å². The molecule has 0 atom stereocenters. The van der Waals surface area contributed by atoms with Crippen molar-refractivity contribution in [3.05, 3.63) is 17.0 Å². The summed E-state index contributed by atoms with van der Waals surface area (Å²) in [6.07, 6.45) is 1.20. The fourth-order valence-electron chi connectivity index (χ4n) is 2.19. The van der Waals surface area contributed by atoms with Crippen molar-refractivity contribution in [1.29, 1.82) is 0 Å². The lowest BCUT2D eigenvalue weighted by Gasteiger charge is -2.19. The highest BCUT2D eigenvalue weighted by Gasteiger charge is 2.15. The second kappa shape index (κ2) is 9.90. The van der Waals surface area contributed by atoms with Gasteiger partial charge in [0.05, 0.1) is 5.69 Å². The van der Waals surface area contributed by atoms with Crippen LogP contribution >= 0.6 is 0 Å². The number of carbonyl (C=O) groups is 1. The first-order chi connectivity index (χ1) is 11.7. The van der Waals surface area contributed by atoms with Gasteiger partial charge in [-0.1, -0.05) is 5.16 Å². The standard InChI is InChI=1S/C17H31N5O3/c1-12-14(13(2)25-22-12)8-11-20-15(18-6)19-9-7-10-21-16(23)24-17(3,4)5/h7-11H2,1-6H3,(H,21,23)(H2,18,19,20). The molecule has 3 N–H and O–H groups in total. The molecule has 0 spiro atoms. The summed E-state index contributed by atoms with van der Waals surface area (Å²) in [5, 5.41) is 13.1. The summed E-state index contributed by atoms with van der Waals surface area (Å²) < 4.78 is 10.3. The summed E-state index contributed by atoms with van der Waals surface area (Å²) in [4.78, 5) is 15.7. The third-order valence-electron chi connectivity index (χ3n) is 3.39. The Labute approximate surface area is 149 Å². The molecule has 25 heavy (non-hydrogen) atoms. The van der Waals surface area contributed by atoms with Gasteiger partial charge in [-0.05, 0) is 47.5 Å². The summed E-state index contributed by atoms with van der Waals surface area (Å²) in [5.74, 6) is 1.58. The van der Waals surface area contributed by atoms with Gasteiger partial charge >= 0.3 is 6.09 Å². The Morgan fingerprint density at radius 2 is 1.80 bits per heavy atom. The van der Waals surface area contributed by atoms with Crippen LogP contribution in [0.2, 0.25) is 0 Å². The molecule has 1 rings (SSSR count). The third kappa shape index (κ3) is 8.42. The molecule has 0 radical (unpaired) electrons. The molecule has 0 aromatic carbocycles. The fraction of sp³-hybridized carbons (Fsp3) is 0.706. The van der Waals surface area contributed by atoms with E-state index in [9.17, 15) is 4.79 Å². The van der Waals surface area contributed by atoms with Crippen LogP contribution in [-0.4, -0.2) is 49.5 Å². The van der Waals surface area contributed by atoms with Crippen LogP contribution in [0.4, 0.5) is 4.79 Å². The molecule has 8 heteroatoms. The van der Waals surface area contributed by atoms with Crippen molar-refractivity contribution in [1.82, 2.24) is 21.1 Å². The van der Waals surface area contributed by atoms with E-state index in [2.05, 4.69) is 26.1 Å². The zero-order chi connectivity index (χ0) is 18.9. The number of guanidine groups is 1. The first kappa shape index (κ1) is 20.8. The number of alkyl carbamates (subject to hydrolysis) is 1. The molecule has 1 amide bonds.